The Hall–Kier alpha value is -1.24. The summed E-state index contributed by atoms with van der Waals surface area (Å²) >= 11 is 3.62. The lowest BCUT2D eigenvalue weighted by Gasteiger charge is -2.17. The third-order valence-corrected chi connectivity index (χ3v) is 4.41. The quantitative estimate of drug-likeness (QED) is 0.649. The largest absolute Gasteiger partial charge is 0.271 e. The molecule has 0 saturated carbocycles. The highest BCUT2D eigenvalue weighted by atomic mass is 79.9. The smallest absolute Gasteiger partial charge is 0.0738 e. The van der Waals surface area contributed by atoms with Gasteiger partial charge >= 0.3 is 0 Å². The first-order valence-electron chi connectivity index (χ1n) is 6.67. The number of hydrogen-bond donors (Lipinski definition) is 2. The van der Waals surface area contributed by atoms with Crippen molar-refractivity contribution in [2.45, 2.75) is 39.8 Å². The summed E-state index contributed by atoms with van der Waals surface area (Å²) < 4.78 is 3.07. The molecule has 6 heteroatoms. The van der Waals surface area contributed by atoms with Crippen LogP contribution in [0.3, 0.4) is 0 Å². The van der Waals surface area contributed by atoms with E-state index in [4.69, 9.17) is 5.84 Å². The van der Waals surface area contributed by atoms with Gasteiger partial charge in [-0.1, -0.05) is 0 Å². The van der Waals surface area contributed by atoms with Gasteiger partial charge in [0, 0.05) is 24.9 Å². The van der Waals surface area contributed by atoms with Crippen molar-refractivity contribution in [2.75, 3.05) is 0 Å². The van der Waals surface area contributed by atoms with Crippen molar-refractivity contribution in [3.8, 4) is 0 Å². The molecule has 108 valence electrons. The second-order valence-electron chi connectivity index (χ2n) is 4.82. The average Bonchev–Trinajstić information content (AvgIpc) is 2.71. The van der Waals surface area contributed by atoms with Gasteiger partial charge < -0.3 is 0 Å². The Labute approximate surface area is 127 Å². The summed E-state index contributed by atoms with van der Waals surface area (Å²) in [5.74, 6) is 5.74. The summed E-state index contributed by atoms with van der Waals surface area (Å²) in [5, 5.41) is 4.52. The first-order valence-corrected chi connectivity index (χ1v) is 7.46. The normalized spacial score (nSPS) is 12.7. The van der Waals surface area contributed by atoms with Gasteiger partial charge in [0.15, 0.2) is 0 Å². The molecule has 0 aliphatic rings. The zero-order valence-corrected chi connectivity index (χ0v) is 13.6. The highest BCUT2D eigenvalue weighted by Gasteiger charge is 2.18. The average molecular weight is 338 g/mol. The molecule has 2 rings (SSSR count). The van der Waals surface area contributed by atoms with E-state index in [1.165, 1.54) is 0 Å². The fourth-order valence-electron chi connectivity index (χ4n) is 2.31. The van der Waals surface area contributed by atoms with Gasteiger partial charge in [0.25, 0.3) is 0 Å². The van der Waals surface area contributed by atoms with Gasteiger partial charge in [-0.25, -0.2) is 0 Å². The molecule has 0 radical (unpaired) electrons. The van der Waals surface area contributed by atoms with Crippen LogP contribution in [-0.4, -0.2) is 14.8 Å². The molecular weight excluding hydrogens is 318 g/mol. The van der Waals surface area contributed by atoms with E-state index in [1.807, 2.05) is 30.8 Å². The molecule has 2 aromatic rings. The maximum atomic E-state index is 5.74. The number of nitrogens with two attached hydrogens (primary N) is 1. The van der Waals surface area contributed by atoms with E-state index in [2.05, 4.69) is 44.4 Å². The number of nitrogens with one attached hydrogen (secondary N) is 1. The second kappa shape index (κ2) is 6.47. The van der Waals surface area contributed by atoms with E-state index in [9.17, 15) is 0 Å². The maximum Gasteiger partial charge on any atom is 0.0738 e. The van der Waals surface area contributed by atoms with Crippen molar-refractivity contribution in [1.82, 2.24) is 20.2 Å². The number of aromatic nitrogens is 3. The molecule has 20 heavy (non-hydrogen) atoms. The number of pyridine rings is 1. The number of hydrogen-bond acceptors (Lipinski definition) is 4. The standard InChI is InChI=1S/C14H20BrN5/c1-4-20-13(14(15)10(3)19-20)8-12(18-16)11-5-6-17-9(2)7-11/h5-7,12,18H,4,8,16H2,1-3H3. The summed E-state index contributed by atoms with van der Waals surface area (Å²) in [6.07, 6.45) is 2.58. The Morgan fingerprint density at radius 1 is 1.45 bits per heavy atom. The highest BCUT2D eigenvalue weighted by molar-refractivity contribution is 9.10. The first kappa shape index (κ1) is 15.2. The van der Waals surface area contributed by atoms with Crippen LogP contribution in [0.15, 0.2) is 22.8 Å². The van der Waals surface area contributed by atoms with Crippen molar-refractivity contribution in [3.05, 3.63) is 45.4 Å². The Balaban J connectivity index is 2.31. The lowest BCUT2D eigenvalue weighted by atomic mass is 10.0. The van der Waals surface area contributed by atoms with E-state index < -0.39 is 0 Å². The number of halogens is 1. The maximum absolute atomic E-state index is 5.74. The third kappa shape index (κ3) is 3.08. The zero-order valence-electron chi connectivity index (χ0n) is 12.0. The minimum absolute atomic E-state index is 0.0365. The van der Waals surface area contributed by atoms with Gasteiger partial charge in [-0.3, -0.25) is 20.9 Å². The van der Waals surface area contributed by atoms with Crippen LogP contribution in [0.1, 0.15) is 35.6 Å². The number of hydrazine groups is 1. The molecule has 0 aromatic carbocycles. The molecule has 1 atom stereocenters. The summed E-state index contributed by atoms with van der Waals surface area (Å²) in [7, 11) is 0. The Morgan fingerprint density at radius 2 is 2.20 bits per heavy atom. The van der Waals surface area contributed by atoms with Gasteiger partial charge in [-0.2, -0.15) is 5.10 Å². The minimum Gasteiger partial charge on any atom is -0.271 e. The number of aryl methyl sites for hydroxylation is 3. The monoisotopic (exact) mass is 337 g/mol. The van der Waals surface area contributed by atoms with Crippen molar-refractivity contribution in [1.29, 1.82) is 0 Å². The molecule has 5 nitrogen and oxygen atoms in total. The van der Waals surface area contributed by atoms with E-state index >= 15 is 0 Å². The second-order valence-corrected chi connectivity index (χ2v) is 5.61. The minimum atomic E-state index is 0.0365. The molecule has 3 N–H and O–H groups in total. The topological polar surface area (TPSA) is 68.8 Å². The molecule has 0 aliphatic heterocycles. The number of rotatable bonds is 5. The van der Waals surface area contributed by atoms with E-state index in [0.29, 0.717) is 0 Å². The van der Waals surface area contributed by atoms with Crippen LogP contribution >= 0.6 is 15.9 Å². The van der Waals surface area contributed by atoms with Crippen molar-refractivity contribution in [3.63, 3.8) is 0 Å². The molecule has 0 spiro atoms. The van der Waals surface area contributed by atoms with Crippen molar-refractivity contribution < 1.29 is 0 Å². The van der Waals surface area contributed by atoms with Gasteiger partial charge in [0.05, 0.1) is 21.9 Å². The molecule has 0 amide bonds. The van der Waals surface area contributed by atoms with Gasteiger partial charge in [0.1, 0.15) is 0 Å². The predicted octanol–water partition coefficient (Wildman–Crippen LogP) is 2.42. The lowest BCUT2D eigenvalue weighted by molar-refractivity contribution is 0.515. The van der Waals surface area contributed by atoms with Crippen LogP contribution in [0, 0.1) is 13.8 Å². The van der Waals surface area contributed by atoms with Gasteiger partial charge in [-0.05, 0) is 54.4 Å². The van der Waals surface area contributed by atoms with Crippen LogP contribution < -0.4 is 11.3 Å². The molecule has 0 bridgehead atoms. The molecule has 2 aromatic heterocycles. The molecule has 0 fully saturated rings. The van der Waals surface area contributed by atoms with Gasteiger partial charge in [0.2, 0.25) is 0 Å². The number of nitrogens with zero attached hydrogens (tertiary/aromatic N) is 3. The van der Waals surface area contributed by atoms with Crippen molar-refractivity contribution in [2.24, 2.45) is 5.84 Å². The third-order valence-electron chi connectivity index (χ3n) is 3.37. The zero-order chi connectivity index (χ0) is 14.7. The lowest BCUT2D eigenvalue weighted by Crippen LogP contribution is -2.30. The first-order chi connectivity index (χ1) is 9.56. The van der Waals surface area contributed by atoms with Crippen molar-refractivity contribution >= 4 is 15.9 Å². The summed E-state index contributed by atoms with van der Waals surface area (Å²) in [6, 6.07) is 4.08. The fraction of sp³-hybridized carbons (Fsp3) is 0.429. The van der Waals surface area contributed by atoms with E-state index in [1.54, 1.807) is 0 Å². The molecular formula is C14H20BrN5. The fourth-order valence-corrected chi connectivity index (χ4v) is 2.76. The summed E-state index contributed by atoms with van der Waals surface area (Å²) in [5.41, 5.74) is 7.17. The Morgan fingerprint density at radius 3 is 2.80 bits per heavy atom. The van der Waals surface area contributed by atoms with Crippen LogP contribution in [0.5, 0.6) is 0 Å². The van der Waals surface area contributed by atoms with E-state index in [-0.39, 0.29) is 6.04 Å². The van der Waals surface area contributed by atoms with Crippen LogP contribution in [-0.2, 0) is 13.0 Å². The Kier molecular flexibility index (Phi) is 4.91. The highest BCUT2D eigenvalue weighted by Crippen LogP contribution is 2.26. The molecule has 0 saturated heterocycles. The molecule has 0 aliphatic carbocycles. The molecule has 1 unspecified atom stereocenters. The SMILES string of the molecule is CCn1nc(C)c(Br)c1CC(NN)c1ccnc(C)c1. The Bertz CT molecular complexity index is 593. The van der Waals surface area contributed by atoms with Crippen LogP contribution in [0.4, 0.5) is 0 Å². The summed E-state index contributed by atoms with van der Waals surface area (Å²) in [6.45, 7) is 6.91. The van der Waals surface area contributed by atoms with E-state index in [0.717, 1.165) is 40.1 Å². The van der Waals surface area contributed by atoms with Crippen LogP contribution in [0.2, 0.25) is 0 Å². The summed E-state index contributed by atoms with van der Waals surface area (Å²) in [4.78, 5) is 4.22. The predicted molar refractivity (Wildman–Crippen MR) is 83.1 cm³/mol. The van der Waals surface area contributed by atoms with Crippen LogP contribution in [0.25, 0.3) is 0 Å². The van der Waals surface area contributed by atoms with Gasteiger partial charge in [-0.15, -0.1) is 0 Å². The molecule has 2 heterocycles.